The summed E-state index contributed by atoms with van der Waals surface area (Å²) >= 11 is 0. The molecule has 0 N–H and O–H groups in total. The van der Waals surface area contributed by atoms with E-state index in [4.69, 9.17) is 18.9 Å². The fraction of sp³-hybridized carbons (Fsp3) is 0.258. The van der Waals surface area contributed by atoms with Crippen LogP contribution in [0.25, 0.3) is 0 Å². The number of hydrogen-bond donors (Lipinski definition) is 0. The van der Waals surface area contributed by atoms with Crippen molar-refractivity contribution in [2.24, 2.45) is 0 Å². The van der Waals surface area contributed by atoms with E-state index in [1.807, 2.05) is 20.8 Å². The first-order valence-corrected chi connectivity index (χ1v) is 12.3. The van der Waals surface area contributed by atoms with Crippen molar-refractivity contribution in [1.82, 2.24) is 0 Å². The number of rotatable bonds is 13. The largest absolute Gasteiger partial charge is 0.494 e. The maximum atomic E-state index is 12.4. The molecular formula is C31H36O7. The predicted molar refractivity (Wildman–Crippen MR) is 148 cm³/mol. The highest BCUT2D eigenvalue weighted by atomic mass is 16.5. The van der Waals surface area contributed by atoms with Gasteiger partial charge in [0, 0.05) is 5.57 Å². The molecule has 7 nitrogen and oxygen atoms in total. The average molecular weight is 521 g/mol. The number of benzene rings is 2. The molecule has 0 amide bonds. The highest BCUT2D eigenvalue weighted by molar-refractivity contribution is 5.92. The second-order valence-corrected chi connectivity index (χ2v) is 7.95. The molecule has 0 atom stereocenters. The van der Waals surface area contributed by atoms with Crippen molar-refractivity contribution in [3.63, 3.8) is 0 Å². The van der Waals surface area contributed by atoms with Gasteiger partial charge < -0.3 is 18.9 Å². The molecule has 0 spiro atoms. The Bertz CT molecular complexity index is 1140. The Labute approximate surface area is 225 Å². The molecule has 0 saturated heterocycles. The number of hydrogen-bond acceptors (Lipinski definition) is 7. The third-order valence-electron chi connectivity index (χ3n) is 4.56. The van der Waals surface area contributed by atoms with Crippen molar-refractivity contribution in [2.75, 3.05) is 13.2 Å². The quantitative estimate of drug-likeness (QED) is 0.0701. The maximum absolute atomic E-state index is 12.4. The van der Waals surface area contributed by atoms with Gasteiger partial charge in [0.15, 0.2) is 0 Å². The molecule has 2 aromatic rings. The van der Waals surface area contributed by atoms with Crippen molar-refractivity contribution < 1.29 is 33.3 Å². The first kappa shape index (κ1) is 31.6. The van der Waals surface area contributed by atoms with Gasteiger partial charge in [-0.1, -0.05) is 45.2 Å². The van der Waals surface area contributed by atoms with Crippen LogP contribution in [0.3, 0.4) is 0 Å². The minimum Gasteiger partial charge on any atom is -0.494 e. The molecule has 0 unspecified atom stereocenters. The minimum atomic E-state index is -0.576. The smallest absolute Gasteiger partial charge is 0.343 e. The van der Waals surface area contributed by atoms with Gasteiger partial charge in [0.05, 0.1) is 24.3 Å². The molecule has 2 rings (SSSR count). The molecule has 0 aliphatic heterocycles. The van der Waals surface area contributed by atoms with Gasteiger partial charge in [-0.25, -0.2) is 14.4 Å². The van der Waals surface area contributed by atoms with E-state index in [0.717, 1.165) is 5.57 Å². The summed E-state index contributed by atoms with van der Waals surface area (Å²) in [5.41, 5.74) is 1.81. The number of unbranched alkanes of at least 4 members (excludes halogenated alkanes) is 1. The molecular weight excluding hydrogens is 484 g/mol. The van der Waals surface area contributed by atoms with Crippen LogP contribution in [0.1, 0.15) is 61.3 Å². The number of esters is 3. The lowest BCUT2D eigenvalue weighted by Gasteiger charge is -2.08. The zero-order valence-electron chi connectivity index (χ0n) is 22.6. The summed E-state index contributed by atoms with van der Waals surface area (Å²) < 4.78 is 21.2. The zero-order valence-corrected chi connectivity index (χ0v) is 22.6. The summed E-state index contributed by atoms with van der Waals surface area (Å²) in [6, 6.07) is 12.6. The first-order chi connectivity index (χ1) is 18.2. The van der Waals surface area contributed by atoms with Crippen molar-refractivity contribution in [2.45, 2.75) is 40.5 Å². The van der Waals surface area contributed by atoms with E-state index >= 15 is 0 Å². The van der Waals surface area contributed by atoms with E-state index in [1.54, 1.807) is 43.3 Å². The average Bonchev–Trinajstić information content (AvgIpc) is 2.91. The number of carbonyl (C=O) groups is 3. The lowest BCUT2D eigenvalue weighted by Crippen LogP contribution is -2.09. The van der Waals surface area contributed by atoms with Crippen LogP contribution in [0.15, 0.2) is 97.3 Å². The lowest BCUT2D eigenvalue weighted by atomic mass is 10.2. The van der Waals surface area contributed by atoms with Gasteiger partial charge >= 0.3 is 17.9 Å². The maximum Gasteiger partial charge on any atom is 0.343 e. The van der Waals surface area contributed by atoms with Gasteiger partial charge in [0.2, 0.25) is 0 Å². The van der Waals surface area contributed by atoms with Gasteiger partial charge in [0.1, 0.15) is 17.3 Å². The van der Waals surface area contributed by atoms with E-state index in [1.165, 1.54) is 24.3 Å². The molecule has 0 aromatic heterocycles. The third-order valence-corrected chi connectivity index (χ3v) is 4.56. The normalized spacial score (nSPS) is 10.0. The Hall–Kier alpha value is -4.39. The molecule has 0 radical (unpaired) electrons. The molecule has 0 bridgehead atoms. The van der Waals surface area contributed by atoms with Crippen LogP contribution in [0, 0.1) is 0 Å². The molecule has 2 aromatic carbocycles. The summed E-state index contributed by atoms with van der Waals surface area (Å²) in [6.45, 7) is 19.1. The number of allylic oxidation sites excluding steroid dienone is 3. The van der Waals surface area contributed by atoms with Gasteiger partial charge in [-0.2, -0.15) is 0 Å². The Morgan fingerprint density at radius 1 is 0.737 bits per heavy atom. The van der Waals surface area contributed by atoms with E-state index in [-0.39, 0.29) is 17.1 Å². The van der Waals surface area contributed by atoms with E-state index in [2.05, 4.69) is 19.7 Å². The van der Waals surface area contributed by atoms with Crippen LogP contribution < -0.4 is 9.47 Å². The number of carbonyl (C=O) groups excluding carboxylic acids is 3. The zero-order chi connectivity index (χ0) is 28.5. The Kier molecular flexibility index (Phi) is 14.3. The van der Waals surface area contributed by atoms with Crippen LogP contribution >= 0.6 is 0 Å². The van der Waals surface area contributed by atoms with Crippen molar-refractivity contribution >= 4 is 17.9 Å². The minimum absolute atomic E-state index is 0.190. The molecule has 202 valence electrons. The first-order valence-electron chi connectivity index (χ1n) is 12.3. The molecule has 0 aliphatic carbocycles. The molecule has 0 fully saturated rings. The van der Waals surface area contributed by atoms with Crippen molar-refractivity contribution in [1.29, 1.82) is 0 Å². The highest BCUT2D eigenvalue weighted by Gasteiger charge is 2.12. The van der Waals surface area contributed by atoms with Gasteiger partial charge in [0.25, 0.3) is 0 Å². The second-order valence-electron chi connectivity index (χ2n) is 7.95. The molecule has 7 heteroatoms. The van der Waals surface area contributed by atoms with Crippen LogP contribution in [-0.2, 0) is 14.3 Å². The van der Waals surface area contributed by atoms with Crippen LogP contribution in [-0.4, -0.2) is 31.1 Å². The monoisotopic (exact) mass is 520 g/mol. The predicted octanol–water partition coefficient (Wildman–Crippen LogP) is 7.01. The lowest BCUT2D eigenvalue weighted by molar-refractivity contribution is -0.139. The summed E-state index contributed by atoms with van der Waals surface area (Å²) in [4.78, 5) is 35.9. The van der Waals surface area contributed by atoms with E-state index in [0.29, 0.717) is 42.9 Å². The summed E-state index contributed by atoms with van der Waals surface area (Å²) in [6.07, 6.45) is 4.61. The van der Waals surface area contributed by atoms with Crippen molar-refractivity contribution in [3.8, 4) is 11.5 Å². The molecule has 0 heterocycles. The Morgan fingerprint density at radius 3 is 1.82 bits per heavy atom. The van der Waals surface area contributed by atoms with Crippen LogP contribution in [0.4, 0.5) is 0 Å². The molecule has 0 aliphatic rings. The summed E-state index contributed by atoms with van der Waals surface area (Å²) in [5, 5.41) is 0. The standard InChI is InChI=1S/C29H30O7.C2H6/c1-20(2)8-9-22(5)35-28(31)23-12-16-26(17-13-23)36-29(32)24-10-14-25(15-11-24)33-18-6-7-19-34-27(30)21(3)4;1-2/h8-17H,1,3,5-7,18-19H2,2,4H3;1-2H3/b9-8-;. The molecule has 0 saturated carbocycles. The fourth-order valence-electron chi connectivity index (χ4n) is 2.64. The van der Waals surface area contributed by atoms with Crippen LogP contribution in [0.5, 0.6) is 11.5 Å². The third kappa shape index (κ3) is 12.0. The Balaban J connectivity index is 0.00000352. The number of ether oxygens (including phenoxy) is 4. The molecule has 38 heavy (non-hydrogen) atoms. The second kappa shape index (κ2) is 17.1. The van der Waals surface area contributed by atoms with Gasteiger partial charge in [-0.15, -0.1) is 0 Å². The van der Waals surface area contributed by atoms with Crippen molar-refractivity contribution in [3.05, 3.63) is 108 Å². The van der Waals surface area contributed by atoms with E-state index < -0.39 is 17.9 Å². The van der Waals surface area contributed by atoms with E-state index in [9.17, 15) is 14.4 Å². The summed E-state index contributed by atoms with van der Waals surface area (Å²) in [7, 11) is 0. The van der Waals surface area contributed by atoms with Gasteiger partial charge in [-0.05, 0) is 81.3 Å². The van der Waals surface area contributed by atoms with Crippen LogP contribution in [0.2, 0.25) is 0 Å². The SMILES string of the molecule is C=C(C)/C=C\C(=C)OC(=O)c1ccc(OC(=O)c2ccc(OCCCCOC(=O)C(=C)C)cc2)cc1.CC. The summed E-state index contributed by atoms with van der Waals surface area (Å²) in [5.74, 6) is -0.443. The fourth-order valence-corrected chi connectivity index (χ4v) is 2.64. The topological polar surface area (TPSA) is 88.1 Å². The van der Waals surface area contributed by atoms with Gasteiger partial charge in [-0.3, -0.25) is 0 Å². The highest BCUT2D eigenvalue weighted by Crippen LogP contribution is 2.18. The Morgan fingerprint density at radius 2 is 1.26 bits per heavy atom.